The van der Waals surface area contributed by atoms with E-state index in [0.717, 1.165) is 30.7 Å². The van der Waals surface area contributed by atoms with Crippen molar-refractivity contribution < 1.29 is 9.47 Å². The molecule has 0 radical (unpaired) electrons. The third-order valence-electron chi connectivity index (χ3n) is 4.08. The van der Waals surface area contributed by atoms with Crippen LogP contribution >= 0.6 is 11.8 Å². The molecule has 2 fully saturated rings. The van der Waals surface area contributed by atoms with E-state index < -0.39 is 0 Å². The number of amidine groups is 1. The van der Waals surface area contributed by atoms with Gasteiger partial charge in [0.25, 0.3) is 0 Å². The molecule has 2 rings (SSSR count). The average Bonchev–Trinajstić information content (AvgIpc) is 2.80. The van der Waals surface area contributed by atoms with Gasteiger partial charge < -0.3 is 14.8 Å². The standard InChI is InChI=1S/C15H28N2O2S/c1-13-5-3-6-15(11-13)12-20-14(17-15)16-7-4-8-19-10-9-18-2/h13H,3-12H2,1-2H3,(H,16,17). The number of hydrogen-bond acceptors (Lipinski definition) is 4. The van der Waals surface area contributed by atoms with Gasteiger partial charge in [0.15, 0.2) is 5.17 Å². The first-order chi connectivity index (χ1) is 9.74. The third kappa shape index (κ3) is 4.93. The van der Waals surface area contributed by atoms with E-state index in [1.165, 1.54) is 31.4 Å². The van der Waals surface area contributed by atoms with Crippen molar-refractivity contribution >= 4 is 16.9 Å². The fourth-order valence-electron chi connectivity index (χ4n) is 3.09. The number of ether oxygens (including phenoxy) is 2. The third-order valence-corrected chi connectivity index (χ3v) is 5.28. The summed E-state index contributed by atoms with van der Waals surface area (Å²) < 4.78 is 10.4. The predicted octanol–water partition coefficient (Wildman–Crippen LogP) is 2.68. The molecule has 2 atom stereocenters. The lowest BCUT2D eigenvalue weighted by Gasteiger charge is -2.36. The molecule has 0 aromatic carbocycles. The number of methoxy groups -OCH3 is 1. The zero-order chi connectivity index (χ0) is 14.3. The maximum absolute atomic E-state index is 5.44. The predicted molar refractivity (Wildman–Crippen MR) is 85.6 cm³/mol. The molecule has 5 heteroatoms. The van der Waals surface area contributed by atoms with Gasteiger partial charge in [0.1, 0.15) is 0 Å². The summed E-state index contributed by atoms with van der Waals surface area (Å²) in [7, 11) is 1.69. The van der Waals surface area contributed by atoms with Gasteiger partial charge in [0, 0.05) is 31.6 Å². The van der Waals surface area contributed by atoms with E-state index in [1.807, 2.05) is 11.8 Å². The lowest BCUT2D eigenvalue weighted by Crippen LogP contribution is -2.47. The molecule has 1 aliphatic carbocycles. The van der Waals surface area contributed by atoms with Crippen molar-refractivity contribution in [2.24, 2.45) is 10.9 Å². The van der Waals surface area contributed by atoms with Gasteiger partial charge >= 0.3 is 0 Å². The smallest absolute Gasteiger partial charge is 0.157 e. The number of thioether (sulfide) groups is 1. The quantitative estimate of drug-likeness (QED) is 0.734. The van der Waals surface area contributed by atoms with Crippen LogP contribution in [0.3, 0.4) is 0 Å². The van der Waals surface area contributed by atoms with Crippen molar-refractivity contribution in [1.82, 2.24) is 5.32 Å². The lowest BCUT2D eigenvalue weighted by atomic mass is 9.78. The molecular formula is C15H28N2O2S. The number of nitrogens with one attached hydrogen (secondary N) is 1. The van der Waals surface area contributed by atoms with Gasteiger partial charge in [-0.2, -0.15) is 0 Å². The van der Waals surface area contributed by atoms with E-state index in [4.69, 9.17) is 9.47 Å². The molecule has 0 amide bonds. The van der Waals surface area contributed by atoms with Crippen LogP contribution in [-0.2, 0) is 9.47 Å². The Morgan fingerprint density at radius 2 is 2.30 bits per heavy atom. The highest BCUT2D eigenvalue weighted by atomic mass is 32.2. The minimum atomic E-state index is 0.343. The summed E-state index contributed by atoms with van der Waals surface area (Å²) in [4.78, 5) is 4.67. The van der Waals surface area contributed by atoms with Crippen LogP contribution in [0.2, 0.25) is 0 Å². The molecule has 1 saturated heterocycles. The van der Waals surface area contributed by atoms with E-state index in [0.29, 0.717) is 18.8 Å². The van der Waals surface area contributed by atoms with Gasteiger partial charge in [-0.15, -0.1) is 0 Å². The molecule has 0 aromatic heterocycles. The number of aliphatic imine (C=N–C) groups is 1. The molecule has 2 aliphatic rings. The maximum Gasteiger partial charge on any atom is 0.157 e. The van der Waals surface area contributed by atoms with Gasteiger partial charge in [-0.3, -0.25) is 4.99 Å². The molecular weight excluding hydrogens is 272 g/mol. The van der Waals surface area contributed by atoms with Crippen molar-refractivity contribution in [1.29, 1.82) is 0 Å². The summed E-state index contributed by atoms with van der Waals surface area (Å²) in [5.41, 5.74) is 0.343. The van der Waals surface area contributed by atoms with Crippen molar-refractivity contribution in [2.75, 3.05) is 39.2 Å². The molecule has 4 nitrogen and oxygen atoms in total. The minimum absolute atomic E-state index is 0.343. The van der Waals surface area contributed by atoms with Gasteiger partial charge in [0.2, 0.25) is 0 Å². The zero-order valence-electron chi connectivity index (χ0n) is 12.8. The zero-order valence-corrected chi connectivity index (χ0v) is 13.6. The summed E-state index contributed by atoms with van der Waals surface area (Å²) in [6.45, 7) is 5.36. The summed E-state index contributed by atoms with van der Waals surface area (Å²) >= 11 is 1.90. The number of nitrogens with zero attached hydrogens (tertiary/aromatic N) is 1. The Hall–Kier alpha value is -0.260. The van der Waals surface area contributed by atoms with Gasteiger partial charge in [-0.1, -0.05) is 31.5 Å². The van der Waals surface area contributed by atoms with E-state index in [2.05, 4.69) is 17.2 Å². The van der Waals surface area contributed by atoms with Crippen LogP contribution in [0.15, 0.2) is 4.99 Å². The molecule has 0 bridgehead atoms. The van der Waals surface area contributed by atoms with Crippen LogP contribution in [0, 0.1) is 5.92 Å². The monoisotopic (exact) mass is 300 g/mol. The van der Waals surface area contributed by atoms with Crippen LogP contribution in [-0.4, -0.2) is 49.9 Å². The molecule has 0 aromatic rings. The Labute approximate surface area is 127 Å². The summed E-state index contributed by atoms with van der Waals surface area (Å²) in [5, 5.41) is 4.85. The van der Waals surface area contributed by atoms with E-state index >= 15 is 0 Å². The summed E-state index contributed by atoms with van der Waals surface area (Å²) in [6, 6.07) is 0. The van der Waals surface area contributed by atoms with Crippen molar-refractivity contribution in [3.05, 3.63) is 0 Å². The van der Waals surface area contributed by atoms with Crippen molar-refractivity contribution in [3.8, 4) is 0 Å². The molecule has 2 unspecified atom stereocenters. The highest BCUT2D eigenvalue weighted by molar-refractivity contribution is 8.14. The average molecular weight is 300 g/mol. The fourth-order valence-corrected chi connectivity index (χ4v) is 4.31. The van der Waals surface area contributed by atoms with E-state index in [9.17, 15) is 0 Å². The molecule has 1 spiro atoms. The van der Waals surface area contributed by atoms with Crippen LogP contribution in [0.4, 0.5) is 0 Å². The molecule has 1 N–H and O–H groups in total. The lowest BCUT2D eigenvalue weighted by molar-refractivity contribution is 0.0702. The first kappa shape index (κ1) is 16.1. The highest BCUT2D eigenvalue weighted by Gasteiger charge is 2.40. The fraction of sp³-hybridized carbons (Fsp3) is 0.933. The highest BCUT2D eigenvalue weighted by Crippen LogP contribution is 2.38. The normalized spacial score (nSPS) is 31.9. The second-order valence-electron chi connectivity index (χ2n) is 6.04. The van der Waals surface area contributed by atoms with Crippen LogP contribution in [0.1, 0.15) is 39.0 Å². The van der Waals surface area contributed by atoms with Gasteiger partial charge in [-0.05, 0) is 25.2 Å². The Morgan fingerprint density at radius 1 is 1.40 bits per heavy atom. The van der Waals surface area contributed by atoms with E-state index in [1.54, 1.807) is 7.11 Å². The second-order valence-corrected chi connectivity index (χ2v) is 7.01. The minimum Gasteiger partial charge on any atom is -0.382 e. The second kappa shape index (κ2) is 8.25. The first-order valence-corrected chi connectivity index (χ1v) is 8.75. The first-order valence-electron chi connectivity index (χ1n) is 7.76. The SMILES string of the molecule is COCCOCCCN=C1NC2(CCCC(C)C2)CS1. The van der Waals surface area contributed by atoms with Gasteiger partial charge in [0.05, 0.1) is 13.2 Å². The van der Waals surface area contributed by atoms with Gasteiger partial charge in [-0.25, -0.2) is 0 Å². The molecule has 1 saturated carbocycles. The Morgan fingerprint density at radius 3 is 3.10 bits per heavy atom. The Bertz CT molecular complexity index is 325. The molecule has 1 aliphatic heterocycles. The summed E-state index contributed by atoms with van der Waals surface area (Å²) in [5.74, 6) is 2.05. The number of rotatable bonds is 7. The topological polar surface area (TPSA) is 42.9 Å². The van der Waals surface area contributed by atoms with Crippen molar-refractivity contribution in [3.63, 3.8) is 0 Å². The molecule has 1 heterocycles. The van der Waals surface area contributed by atoms with Crippen LogP contribution < -0.4 is 5.32 Å². The molecule has 116 valence electrons. The van der Waals surface area contributed by atoms with Crippen LogP contribution in [0.25, 0.3) is 0 Å². The summed E-state index contributed by atoms with van der Waals surface area (Å²) in [6.07, 6.45) is 6.34. The van der Waals surface area contributed by atoms with Crippen molar-refractivity contribution in [2.45, 2.75) is 44.6 Å². The van der Waals surface area contributed by atoms with Crippen LogP contribution in [0.5, 0.6) is 0 Å². The largest absolute Gasteiger partial charge is 0.382 e. The Kier molecular flexibility index (Phi) is 6.65. The van der Waals surface area contributed by atoms with E-state index in [-0.39, 0.29) is 0 Å². The number of hydrogen-bond donors (Lipinski definition) is 1. The molecule has 20 heavy (non-hydrogen) atoms. The Balaban J connectivity index is 1.63. The maximum atomic E-state index is 5.44.